The summed E-state index contributed by atoms with van der Waals surface area (Å²) in [4.78, 5) is 19.3. The number of halogens is 2. The predicted octanol–water partition coefficient (Wildman–Crippen LogP) is 3.62. The van der Waals surface area contributed by atoms with Crippen molar-refractivity contribution in [3.8, 4) is 11.3 Å². The lowest BCUT2D eigenvalue weighted by atomic mass is 10.1. The van der Waals surface area contributed by atoms with Gasteiger partial charge in [-0.3, -0.25) is 4.79 Å². The average molecular weight is 339 g/mol. The van der Waals surface area contributed by atoms with E-state index in [1.807, 2.05) is 0 Å². The van der Waals surface area contributed by atoms with Gasteiger partial charge in [0.05, 0.1) is 5.69 Å². The third kappa shape index (κ3) is 3.01. The van der Waals surface area contributed by atoms with Crippen molar-refractivity contribution in [3.05, 3.63) is 46.6 Å². The molecule has 0 aliphatic carbocycles. The van der Waals surface area contributed by atoms with Gasteiger partial charge in [0, 0.05) is 16.2 Å². The number of carbonyl (C=O) groups is 1. The van der Waals surface area contributed by atoms with E-state index in [0.717, 1.165) is 4.47 Å². The smallest absolute Gasteiger partial charge is 0.314 e. The summed E-state index contributed by atoms with van der Waals surface area (Å²) in [6.45, 7) is 1.74. The molecule has 0 aliphatic rings. The molecule has 1 N–H and O–H groups in total. The molecule has 0 radical (unpaired) electrons. The Morgan fingerprint density at radius 2 is 2.20 bits per heavy atom. The summed E-state index contributed by atoms with van der Waals surface area (Å²) in [6.07, 6.45) is 1.82. The lowest BCUT2D eigenvalue weighted by Gasteiger charge is -2.10. The van der Waals surface area contributed by atoms with E-state index in [2.05, 4.69) is 25.9 Å². The van der Waals surface area contributed by atoms with Crippen LogP contribution in [0.15, 0.2) is 34.9 Å². The molecule has 2 rings (SSSR count). The molecule has 0 saturated heterocycles. The van der Waals surface area contributed by atoms with Gasteiger partial charge < -0.3 is 5.11 Å². The van der Waals surface area contributed by atoms with E-state index >= 15 is 0 Å². The molecule has 0 aliphatic heterocycles. The number of rotatable bonds is 4. The van der Waals surface area contributed by atoms with E-state index in [0.29, 0.717) is 17.7 Å². The summed E-state index contributed by atoms with van der Waals surface area (Å²) in [6, 6.07) is 6.08. The van der Waals surface area contributed by atoms with Crippen LogP contribution in [0.25, 0.3) is 11.3 Å². The van der Waals surface area contributed by atoms with Crippen LogP contribution in [0.4, 0.5) is 4.39 Å². The summed E-state index contributed by atoms with van der Waals surface area (Å²) in [7, 11) is 0. The molecule has 6 heteroatoms. The second-order valence-electron chi connectivity index (χ2n) is 4.22. The third-order valence-electron chi connectivity index (χ3n) is 2.90. The Morgan fingerprint density at radius 3 is 2.85 bits per heavy atom. The maximum Gasteiger partial charge on any atom is 0.314 e. The first-order valence-electron chi connectivity index (χ1n) is 6.04. The molecule has 1 atom stereocenters. The van der Waals surface area contributed by atoms with Crippen molar-refractivity contribution < 1.29 is 14.3 Å². The number of benzene rings is 1. The predicted molar refractivity (Wildman–Crippen MR) is 75.8 cm³/mol. The molecular formula is C14H12BrFN2O2. The zero-order valence-electron chi connectivity index (χ0n) is 10.7. The number of hydrogen-bond donors (Lipinski definition) is 1. The minimum Gasteiger partial charge on any atom is -0.481 e. The van der Waals surface area contributed by atoms with Crippen molar-refractivity contribution in [2.24, 2.45) is 0 Å². The van der Waals surface area contributed by atoms with Crippen molar-refractivity contribution in [1.29, 1.82) is 0 Å². The summed E-state index contributed by atoms with van der Waals surface area (Å²) < 4.78 is 14.6. The Hall–Kier alpha value is -1.82. The fourth-order valence-corrected chi connectivity index (χ4v) is 2.21. The second kappa shape index (κ2) is 6.09. The molecule has 0 saturated carbocycles. The molecule has 0 fully saturated rings. The van der Waals surface area contributed by atoms with Gasteiger partial charge in [0.2, 0.25) is 0 Å². The summed E-state index contributed by atoms with van der Waals surface area (Å²) >= 11 is 3.27. The molecule has 0 spiro atoms. The first kappa shape index (κ1) is 14.6. The van der Waals surface area contributed by atoms with Crippen LogP contribution >= 0.6 is 15.9 Å². The summed E-state index contributed by atoms with van der Waals surface area (Å²) in [5.74, 6) is -2.00. The first-order valence-corrected chi connectivity index (χ1v) is 6.83. The molecule has 1 aromatic carbocycles. The number of aromatic nitrogens is 2. The van der Waals surface area contributed by atoms with Gasteiger partial charge in [-0.05, 0) is 30.7 Å². The van der Waals surface area contributed by atoms with E-state index in [1.54, 1.807) is 25.1 Å². The molecular weight excluding hydrogens is 327 g/mol. The minimum absolute atomic E-state index is 0.192. The van der Waals surface area contributed by atoms with Crippen molar-refractivity contribution in [3.63, 3.8) is 0 Å². The lowest BCUT2D eigenvalue weighted by Crippen LogP contribution is -2.14. The van der Waals surface area contributed by atoms with Crippen LogP contribution in [0, 0.1) is 5.82 Å². The van der Waals surface area contributed by atoms with Gasteiger partial charge >= 0.3 is 5.97 Å². The van der Waals surface area contributed by atoms with Crippen LogP contribution < -0.4 is 0 Å². The Morgan fingerprint density at radius 1 is 1.45 bits per heavy atom. The zero-order valence-corrected chi connectivity index (χ0v) is 12.3. The van der Waals surface area contributed by atoms with E-state index in [-0.39, 0.29) is 5.82 Å². The van der Waals surface area contributed by atoms with Gasteiger partial charge in [-0.25, -0.2) is 14.4 Å². The maximum atomic E-state index is 13.8. The number of hydrogen-bond acceptors (Lipinski definition) is 3. The highest BCUT2D eigenvalue weighted by molar-refractivity contribution is 9.10. The van der Waals surface area contributed by atoms with Crippen LogP contribution in [0.5, 0.6) is 0 Å². The van der Waals surface area contributed by atoms with E-state index in [1.165, 1.54) is 12.3 Å². The average Bonchev–Trinajstić information content (AvgIpc) is 2.42. The van der Waals surface area contributed by atoms with Crippen LogP contribution in [0.2, 0.25) is 0 Å². The molecule has 1 heterocycles. The molecule has 104 valence electrons. The molecule has 0 amide bonds. The van der Waals surface area contributed by atoms with Crippen molar-refractivity contribution in [1.82, 2.24) is 9.97 Å². The van der Waals surface area contributed by atoms with Gasteiger partial charge in [0.25, 0.3) is 0 Å². The molecule has 2 aromatic rings. The molecule has 1 unspecified atom stereocenters. The third-order valence-corrected chi connectivity index (χ3v) is 3.39. The Balaban J connectivity index is 2.49. The normalized spacial score (nSPS) is 12.2. The van der Waals surface area contributed by atoms with Gasteiger partial charge in [0.15, 0.2) is 0 Å². The van der Waals surface area contributed by atoms with Gasteiger partial charge in [-0.15, -0.1) is 0 Å². The molecule has 4 nitrogen and oxygen atoms in total. The Kier molecular flexibility index (Phi) is 4.44. The molecule has 1 aromatic heterocycles. The standard InChI is InChI=1S/C14H12BrFN2O2/c1-2-9(14(19)20)13-17-6-5-12(18-13)10-7-8(15)3-4-11(10)16/h3-7,9H,2H2,1H3,(H,19,20). The highest BCUT2D eigenvalue weighted by Gasteiger charge is 2.21. The van der Waals surface area contributed by atoms with Crippen LogP contribution in [0.1, 0.15) is 25.1 Å². The largest absolute Gasteiger partial charge is 0.481 e. The monoisotopic (exact) mass is 338 g/mol. The highest BCUT2D eigenvalue weighted by atomic mass is 79.9. The second-order valence-corrected chi connectivity index (χ2v) is 5.14. The topological polar surface area (TPSA) is 63.1 Å². The van der Waals surface area contributed by atoms with Crippen LogP contribution in [-0.2, 0) is 4.79 Å². The molecule has 20 heavy (non-hydrogen) atoms. The van der Waals surface area contributed by atoms with E-state index < -0.39 is 17.7 Å². The number of carboxylic acid groups (broad SMARTS) is 1. The number of aliphatic carboxylic acids is 1. The lowest BCUT2D eigenvalue weighted by molar-refractivity contribution is -0.139. The van der Waals surface area contributed by atoms with Crippen LogP contribution in [-0.4, -0.2) is 21.0 Å². The molecule has 0 bridgehead atoms. The number of carboxylic acids is 1. The zero-order chi connectivity index (χ0) is 14.7. The van der Waals surface area contributed by atoms with Gasteiger partial charge in [0.1, 0.15) is 17.6 Å². The van der Waals surface area contributed by atoms with Gasteiger partial charge in [-0.1, -0.05) is 22.9 Å². The fourth-order valence-electron chi connectivity index (χ4n) is 1.85. The van der Waals surface area contributed by atoms with Crippen molar-refractivity contribution in [2.45, 2.75) is 19.3 Å². The van der Waals surface area contributed by atoms with Crippen molar-refractivity contribution in [2.75, 3.05) is 0 Å². The summed E-state index contributed by atoms with van der Waals surface area (Å²) in [5.41, 5.74) is 0.678. The van der Waals surface area contributed by atoms with Crippen molar-refractivity contribution >= 4 is 21.9 Å². The Labute approximate surface area is 123 Å². The van der Waals surface area contributed by atoms with Gasteiger partial charge in [-0.2, -0.15) is 0 Å². The van der Waals surface area contributed by atoms with Crippen LogP contribution in [0.3, 0.4) is 0 Å². The SMILES string of the molecule is CCC(C(=O)O)c1nccc(-c2cc(Br)ccc2F)n1. The minimum atomic E-state index is -0.987. The van der Waals surface area contributed by atoms with E-state index in [4.69, 9.17) is 5.11 Å². The van der Waals surface area contributed by atoms with E-state index in [9.17, 15) is 9.18 Å². The maximum absolute atomic E-state index is 13.8. The number of nitrogens with zero attached hydrogens (tertiary/aromatic N) is 2. The summed E-state index contributed by atoms with van der Waals surface area (Å²) in [5, 5.41) is 9.13. The fraction of sp³-hybridized carbons (Fsp3) is 0.214. The highest BCUT2D eigenvalue weighted by Crippen LogP contribution is 2.26. The first-order chi connectivity index (χ1) is 9.52. The Bertz CT molecular complexity index is 649. The quantitative estimate of drug-likeness (QED) is 0.924.